The lowest BCUT2D eigenvalue weighted by Gasteiger charge is -2.40. The highest BCUT2D eigenvalue weighted by atomic mass is 35.5. The maximum atomic E-state index is 6.33. The normalized spacial score (nSPS) is 18.7. The molecule has 2 aliphatic rings. The molecule has 2 heterocycles. The van der Waals surface area contributed by atoms with Crippen molar-refractivity contribution in [2.45, 2.75) is 51.2 Å². The van der Waals surface area contributed by atoms with Gasteiger partial charge in [-0.25, -0.2) is 0 Å². The molecule has 0 amide bonds. The Balaban J connectivity index is 0.000000171. The highest BCUT2D eigenvalue weighted by molar-refractivity contribution is 6.22. The number of benzene rings is 4. The Morgan fingerprint density at radius 1 is 0.556 bits per heavy atom. The van der Waals surface area contributed by atoms with Gasteiger partial charge in [0.2, 0.25) is 0 Å². The molecule has 240 valence electrons. The van der Waals surface area contributed by atoms with Crippen LogP contribution in [0.4, 0.5) is 0 Å². The zero-order valence-corrected chi connectivity index (χ0v) is 28.3. The van der Waals surface area contributed by atoms with Crippen molar-refractivity contribution in [3.8, 4) is 0 Å². The van der Waals surface area contributed by atoms with E-state index in [-0.39, 0.29) is 5.38 Å². The molecule has 0 aromatic heterocycles. The average Bonchev–Trinajstić information content (AvgIpc) is 3.11. The van der Waals surface area contributed by atoms with Crippen LogP contribution in [0.1, 0.15) is 61.4 Å². The minimum absolute atomic E-state index is 0.0441. The van der Waals surface area contributed by atoms with Crippen molar-refractivity contribution in [2.75, 3.05) is 39.3 Å². The number of piperazine rings is 2. The Hall–Kier alpha value is -2.99. The first-order valence-electron chi connectivity index (χ1n) is 16.7. The van der Waals surface area contributed by atoms with Crippen molar-refractivity contribution in [2.24, 2.45) is 11.8 Å². The molecule has 5 heteroatoms. The van der Waals surface area contributed by atoms with E-state index in [4.69, 9.17) is 11.6 Å². The molecule has 4 aromatic rings. The number of hydrogen-bond acceptors (Lipinski definition) is 4. The molecule has 6 rings (SSSR count). The fourth-order valence-electron chi connectivity index (χ4n) is 5.95. The predicted molar refractivity (Wildman–Crippen MR) is 193 cm³/mol. The third-order valence-electron chi connectivity index (χ3n) is 8.70. The van der Waals surface area contributed by atoms with Crippen LogP contribution >= 0.6 is 11.6 Å². The molecular weight excluding hydrogens is 572 g/mol. The third-order valence-corrected chi connectivity index (χ3v) is 9.20. The standard InChI is InChI=1S/C20H26N2.C13H11Cl.C7H16N2/c1-16(2)19-15-22(14-13-21-19)20(17-9-5-3-6-10-17)18-11-7-4-8-12-18;14-13(11-7-3-1-4-8-11)12-9-5-2-6-10-12;1-6(2)7-5-8-3-4-9-7/h3-12,16,19-21H,13-15H2,1-2H3;1-10,13H;6-9H,3-5H2,1-2H3/t19-;;7-/m1.1/s1. The van der Waals surface area contributed by atoms with E-state index < -0.39 is 0 Å². The van der Waals surface area contributed by atoms with E-state index in [9.17, 15) is 0 Å². The minimum atomic E-state index is -0.0441. The second kappa shape index (κ2) is 18.9. The summed E-state index contributed by atoms with van der Waals surface area (Å²) < 4.78 is 0. The zero-order chi connectivity index (χ0) is 31.9. The summed E-state index contributed by atoms with van der Waals surface area (Å²) in [7, 11) is 0. The SMILES string of the molecule is CC(C)[C@H]1CN(C(c2ccccc2)c2ccccc2)CCN1.CC(C)[C@H]1CNCCN1.ClC(c1ccccc1)c1ccccc1. The van der Waals surface area contributed by atoms with Crippen LogP contribution in [0.3, 0.4) is 0 Å². The highest BCUT2D eigenvalue weighted by Crippen LogP contribution is 2.30. The van der Waals surface area contributed by atoms with E-state index in [1.165, 1.54) is 11.1 Å². The number of alkyl halides is 1. The molecule has 0 aliphatic carbocycles. The summed E-state index contributed by atoms with van der Waals surface area (Å²) in [5.74, 6) is 1.42. The molecule has 2 atom stereocenters. The maximum Gasteiger partial charge on any atom is 0.0835 e. The lowest BCUT2D eigenvalue weighted by atomic mass is 9.94. The molecular formula is C40H53ClN4. The third kappa shape index (κ3) is 11.1. The Morgan fingerprint density at radius 2 is 0.978 bits per heavy atom. The van der Waals surface area contributed by atoms with Gasteiger partial charge in [0.25, 0.3) is 0 Å². The van der Waals surface area contributed by atoms with Gasteiger partial charge in [0.1, 0.15) is 0 Å². The van der Waals surface area contributed by atoms with Crippen molar-refractivity contribution < 1.29 is 0 Å². The summed E-state index contributed by atoms with van der Waals surface area (Å²) in [6.07, 6.45) is 0. The van der Waals surface area contributed by atoms with Gasteiger partial charge in [-0.05, 0) is 34.1 Å². The Morgan fingerprint density at radius 3 is 1.36 bits per heavy atom. The van der Waals surface area contributed by atoms with Gasteiger partial charge in [0.05, 0.1) is 11.4 Å². The number of nitrogens with one attached hydrogen (secondary N) is 3. The number of rotatable bonds is 7. The topological polar surface area (TPSA) is 39.3 Å². The summed E-state index contributed by atoms with van der Waals surface area (Å²) in [4.78, 5) is 2.63. The maximum absolute atomic E-state index is 6.33. The zero-order valence-electron chi connectivity index (χ0n) is 27.6. The summed E-state index contributed by atoms with van der Waals surface area (Å²) in [5, 5.41) is 10.4. The van der Waals surface area contributed by atoms with Gasteiger partial charge < -0.3 is 16.0 Å². The molecule has 2 aliphatic heterocycles. The number of hydrogen-bond donors (Lipinski definition) is 3. The second-order valence-corrected chi connectivity index (χ2v) is 13.2. The van der Waals surface area contributed by atoms with E-state index in [1.807, 2.05) is 60.7 Å². The summed E-state index contributed by atoms with van der Waals surface area (Å²) >= 11 is 6.33. The molecule has 2 fully saturated rings. The summed E-state index contributed by atoms with van der Waals surface area (Å²) in [6, 6.07) is 43.6. The first-order chi connectivity index (χ1) is 21.9. The Kier molecular flexibility index (Phi) is 14.6. The largest absolute Gasteiger partial charge is 0.314 e. The first kappa shape index (κ1) is 34.9. The van der Waals surface area contributed by atoms with Crippen LogP contribution in [0.25, 0.3) is 0 Å². The van der Waals surface area contributed by atoms with Gasteiger partial charge in [0, 0.05) is 51.4 Å². The second-order valence-electron chi connectivity index (χ2n) is 12.7. The van der Waals surface area contributed by atoms with E-state index in [0.29, 0.717) is 24.0 Å². The minimum Gasteiger partial charge on any atom is -0.314 e. The van der Waals surface area contributed by atoms with Gasteiger partial charge >= 0.3 is 0 Å². The van der Waals surface area contributed by atoms with Gasteiger partial charge in [-0.15, -0.1) is 11.6 Å². The van der Waals surface area contributed by atoms with Crippen molar-refractivity contribution in [3.63, 3.8) is 0 Å². The van der Waals surface area contributed by atoms with E-state index in [1.54, 1.807) is 0 Å². The lowest BCUT2D eigenvalue weighted by molar-refractivity contribution is 0.144. The van der Waals surface area contributed by atoms with E-state index in [0.717, 1.165) is 56.3 Å². The fourth-order valence-corrected chi connectivity index (χ4v) is 6.24. The van der Waals surface area contributed by atoms with Gasteiger partial charge in [0.15, 0.2) is 0 Å². The molecule has 4 nitrogen and oxygen atoms in total. The number of nitrogens with zero attached hydrogens (tertiary/aromatic N) is 1. The van der Waals surface area contributed by atoms with Crippen LogP contribution in [0.5, 0.6) is 0 Å². The molecule has 0 bridgehead atoms. The molecule has 0 spiro atoms. The quantitative estimate of drug-likeness (QED) is 0.183. The fraction of sp³-hybridized carbons (Fsp3) is 0.400. The van der Waals surface area contributed by atoms with E-state index >= 15 is 0 Å². The van der Waals surface area contributed by atoms with Crippen LogP contribution in [0, 0.1) is 11.8 Å². The van der Waals surface area contributed by atoms with Crippen molar-refractivity contribution in [3.05, 3.63) is 144 Å². The Labute approximate surface area is 277 Å². The molecule has 0 saturated carbocycles. The number of halogens is 1. The molecule has 2 saturated heterocycles. The van der Waals surface area contributed by atoms with Crippen LogP contribution in [0.15, 0.2) is 121 Å². The molecule has 45 heavy (non-hydrogen) atoms. The van der Waals surface area contributed by atoms with Crippen molar-refractivity contribution >= 4 is 11.6 Å². The highest BCUT2D eigenvalue weighted by Gasteiger charge is 2.28. The first-order valence-corrected chi connectivity index (χ1v) is 17.1. The summed E-state index contributed by atoms with van der Waals surface area (Å²) in [6.45, 7) is 15.8. The van der Waals surface area contributed by atoms with Crippen LogP contribution in [-0.4, -0.2) is 56.3 Å². The van der Waals surface area contributed by atoms with Gasteiger partial charge in [-0.3, -0.25) is 4.90 Å². The molecule has 3 N–H and O–H groups in total. The van der Waals surface area contributed by atoms with Crippen LogP contribution in [-0.2, 0) is 0 Å². The summed E-state index contributed by atoms with van der Waals surface area (Å²) in [5.41, 5.74) is 5.05. The van der Waals surface area contributed by atoms with E-state index in [2.05, 4.69) is 109 Å². The predicted octanol–water partition coefficient (Wildman–Crippen LogP) is 7.92. The Bertz CT molecular complexity index is 1230. The molecule has 0 radical (unpaired) electrons. The van der Waals surface area contributed by atoms with Gasteiger partial charge in [-0.2, -0.15) is 0 Å². The lowest BCUT2D eigenvalue weighted by Crippen LogP contribution is -2.53. The van der Waals surface area contributed by atoms with Crippen LogP contribution < -0.4 is 16.0 Å². The van der Waals surface area contributed by atoms with Crippen molar-refractivity contribution in [1.82, 2.24) is 20.9 Å². The van der Waals surface area contributed by atoms with Crippen molar-refractivity contribution in [1.29, 1.82) is 0 Å². The average molecular weight is 625 g/mol. The smallest absolute Gasteiger partial charge is 0.0835 e. The monoisotopic (exact) mass is 624 g/mol. The van der Waals surface area contributed by atoms with Gasteiger partial charge in [-0.1, -0.05) is 149 Å². The van der Waals surface area contributed by atoms with Crippen LogP contribution in [0.2, 0.25) is 0 Å². The molecule has 4 aromatic carbocycles. The molecule has 0 unspecified atom stereocenters.